The number of rotatable bonds is 7. The molecule has 0 radical (unpaired) electrons. The number of hydrogen-bond donors (Lipinski definition) is 1. The zero-order valence-corrected chi connectivity index (χ0v) is 11.0. The van der Waals surface area contributed by atoms with Crippen molar-refractivity contribution >= 4 is 0 Å². The van der Waals surface area contributed by atoms with Crippen molar-refractivity contribution in [2.24, 2.45) is 5.92 Å². The van der Waals surface area contributed by atoms with Crippen molar-refractivity contribution < 1.29 is 14.0 Å². The summed E-state index contributed by atoms with van der Waals surface area (Å²) in [4.78, 5) is 4.41. The molecule has 102 valence electrons. The maximum Gasteiger partial charge on any atom is 0.228 e. The molecule has 0 amide bonds. The third-order valence-corrected chi connectivity index (χ3v) is 3.20. The SMILES string of the molecule is CNC(COC)Cc1nc(CC2CCOC2)no1. The van der Waals surface area contributed by atoms with Crippen molar-refractivity contribution in [2.45, 2.75) is 25.3 Å². The van der Waals surface area contributed by atoms with Gasteiger partial charge < -0.3 is 19.3 Å². The van der Waals surface area contributed by atoms with Gasteiger partial charge in [0.1, 0.15) is 0 Å². The Morgan fingerprint density at radius 3 is 3.11 bits per heavy atom. The van der Waals surface area contributed by atoms with E-state index in [2.05, 4.69) is 15.5 Å². The topological polar surface area (TPSA) is 69.4 Å². The quantitative estimate of drug-likeness (QED) is 0.761. The minimum Gasteiger partial charge on any atom is -0.383 e. The van der Waals surface area contributed by atoms with Crippen LogP contribution in [0.15, 0.2) is 4.52 Å². The first-order valence-corrected chi connectivity index (χ1v) is 6.37. The zero-order chi connectivity index (χ0) is 12.8. The summed E-state index contributed by atoms with van der Waals surface area (Å²) in [5, 5.41) is 7.18. The molecule has 2 unspecified atom stereocenters. The molecule has 0 aromatic carbocycles. The van der Waals surface area contributed by atoms with Crippen LogP contribution in [0.5, 0.6) is 0 Å². The van der Waals surface area contributed by atoms with Gasteiger partial charge in [0.05, 0.1) is 6.61 Å². The number of hydrogen-bond acceptors (Lipinski definition) is 6. The summed E-state index contributed by atoms with van der Waals surface area (Å²) in [6.07, 6.45) is 2.63. The number of aromatic nitrogens is 2. The molecule has 6 heteroatoms. The molecule has 0 saturated carbocycles. The molecule has 0 spiro atoms. The molecule has 2 heterocycles. The average Bonchev–Trinajstić information content (AvgIpc) is 3.01. The second kappa shape index (κ2) is 6.82. The van der Waals surface area contributed by atoms with E-state index in [9.17, 15) is 0 Å². The molecule has 2 atom stereocenters. The molecule has 1 aliphatic heterocycles. The number of nitrogens with one attached hydrogen (secondary N) is 1. The fourth-order valence-corrected chi connectivity index (χ4v) is 2.11. The smallest absolute Gasteiger partial charge is 0.228 e. The second-order valence-corrected chi connectivity index (χ2v) is 4.68. The van der Waals surface area contributed by atoms with E-state index < -0.39 is 0 Å². The van der Waals surface area contributed by atoms with Gasteiger partial charge in [-0.15, -0.1) is 0 Å². The lowest BCUT2D eigenvalue weighted by Gasteiger charge is -2.11. The van der Waals surface area contributed by atoms with Crippen LogP contribution >= 0.6 is 0 Å². The van der Waals surface area contributed by atoms with Crippen molar-refractivity contribution in [1.82, 2.24) is 15.5 Å². The van der Waals surface area contributed by atoms with Crippen LogP contribution in [0.2, 0.25) is 0 Å². The van der Waals surface area contributed by atoms with Crippen LogP contribution in [0, 0.1) is 5.92 Å². The molecular formula is C12H21N3O3. The lowest BCUT2D eigenvalue weighted by atomic mass is 10.1. The maximum absolute atomic E-state index is 5.34. The highest BCUT2D eigenvalue weighted by Crippen LogP contribution is 2.16. The van der Waals surface area contributed by atoms with Crippen LogP contribution < -0.4 is 5.32 Å². The van der Waals surface area contributed by atoms with Crippen LogP contribution in [0.1, 0.15) is 18.1 Å². The molecule has 0 aliphatic carbocycles. The van der Waals surface area contributed by atoms with Crippen molar-refractivity contribution in [3.05, 3.63) is 11.7 Å². The third-order valence-electron chi connectivity index (χ3n) is 3.20. The Labute approximate surface area is 107 Å². The highest BCUT2D eigenvalue weighted by Gasteiger charge is 2.19. The summed E-state index contributed by atoms with van der Waals surface area (Å²) >= 11 is 0. The standard InChI is InChI=1S/C12H21N3O3/c1-13-10(8-16-2)6-12-14-11(15-18-12)5-9-3-4-17-7-9/h9-10,13H,3-8H2,1-2H3. The molecule has 1 saturated heterocycles. The predicted octanol–water partition coefficient (Wildman–Crippen LogP) is 0.425. The molecule has 1 N–H and O–H groups in total. The Kier molecular flexibility index (Phi) is 5.10. The fourth-order valence-electron chi connectivity index (χ4n) is 2.11. The van der Waals surface area contributed by atoms with E-state index in [-0.39, 0.29) is 6.04 Å². The lowest BCUT2D eigenvalue weighted by molar-refractivity contribution is 0.165. The van der Waals surface area contributed by atoms with Gasteiger partial charge in [0.25, 0.3) is 0 Å². The van der Waals surface area contributed by atoms with Gasteiger partial charge in [0.15, 0.2) is 5.82 Å². The summed E-state index contributed by atoms with van der Waals surface area (Å²) < 4.78 is 15.7. The van der Waals surface area contributed by atoms with E-state index in [1.54, 1.807) is 7.11 Å². The number of methoxy groups -OCH3 is 1. The lowest BCUT2D eigenvalue weighted by Crippen LogP contribution is -2.32. The first-order valence-electron chi connectivity index (χ1n) is 6.37. The molecular weight excluding hydrogens is 234 g/mol. The molecule has 0 bridgehead atoms. The highest BCUT2D eigenvalue weighted by atomic mass is 16.5. The van der Waals surface area contributed by atoms with E-state index >= 15 is 0 Å². The summed E-state index contributed by atoms with van der Waals surface area (Å²) in [7, 11) is 3.58. The number of nitrogens with zero attached hydrogens (tertiary/aromatic N) is 2. The van der Waals surface area contributed by atoms with Crippen LogP contribution in [-0.4, -0.2) is 50.2 Å². The monoisotopic (exact) mass is 255 g/mol. The normalized spacial score (nSPS) is 21.3. The molecule has 18 heavy (non-hydrogen) atoms. The Morgan fingerprint density at radius 1 is 1.56 bits per heavy atom. The molecule has 2 rings (SSSR count). The van der Waals surface area contributed by atoms with E-state index in [1.807, 2.05) is 7.05 Å². The average molecular weight is 255 g/mol. The Hall–Kier alpha value is -0.980. The van der Waals surface area contributed by atoms with Crippen LogP contribution in [0.25, 0.3) is 0 Å². The zero-order valence-electron chi connectivity index (χ0n) is 11.0. The first kappa shape index (κ1) is 13.5. The molecule has 6 nitrogen and oxygen atoms in total. The van der Waals surface area contributed by atoms with Crippen LogP contribution in [-0.2, 0) is 22.3 Å². The Balaban J connectivity index is 1.84. The van der Waals surface area contributed by atoms with Gasteiger partial charge >= 0.3 is 0 Å². The molecule has 1 fully saturated rings. The largest absolute Gasteiger partial charge is 0.383 e. The second-order valence-electron chi connectivity index (χ2n) is 4.68. The van der Waals surface area contributed by atoms with Crippen molar-refractivity contribution in [2.75, 3.05) is 34.0 Å². The minimum atomic E-state index is 0.207. The molecule has 1 aliphatic rings. The first-order chi connectivity index (χ1) is 8.81. The van der Waals surface area contributed by atoms with Gasteiger partial charge in [0.2, 0.25) is 5.89 Å². The van der Waals surface area contributed by atoms with Gasteiger partial charge in [-0.25, -0.2) is 0 Å². The third kappa shape index (κ3) is 3.76. The van der Waals surface area contributed by atoms with E-state index in [4.69, 9.17) is 14.0 Å². The molecule has 1 aromatic heterocycles. The molecule has 1 aromatic rings. The van der Waals surface area contributed by atoms with Crippen molar-refractivity contribution in [3.63, 3.8) is 0 Å². The van der Waals surface area contributed by atoms with Gasteiger partial charge in [-0.3, -0.25) is 0 Å². The van der Waals surface area contributed by atoms with Gasteiger partial charge in [0, 0.05) is 39.2 Å². The van der Waals surface area contributed by atoms with Crippen LogP contribution in [0.4, 0.5) is 0 Å². The van der Waals surface area contributed by atoms with Crippen molar-refractivity contribution in [3.8, 4) is 0 Å². The van der Waals surface area contributed by atoms with Gasteiger partial charge in [-0.05, 0) is 19.4 Å². The van der Waals surface area contributed by atoms with E-state index in [0.29, 0.717) is 24.8 Å². The highest BCUT2D eigenvalue weighted by molar-refractivity contribution is 4.91. The van der Waals surface area contributed by atoms with Gasteiger partial charge in [-0.1, -0.05) is 5.16 Å². The summed E-state index contributed by atoms with van der Waals surface area (Å²) in [5.74, 6) is 1.99. The minimum absolute atomic E-state index is 0.207. The van der Waals surface area contributed by atoms with E-state index in [1.165, 1.54) is 0 Å². The predicted molar refractivity (Wildman–Crippen MR) is 65.4 cm³/mol. The number of likely N-dealkylation sites (N-methyl/N-ethyl adjacent to an activating group) is 1. The Bertz CT molecular complexity index is 350. The number of ether oxygens (including phenoxy) is 2. The van der Waals surface area contributed by atoms with E-state index in [0.717, 1.165) is 31.9 Å². The van der Waals surface area contributed by atoms with Gasteiger partial charge in [-0.2, -0.15) is 4.98 Å². The summed E-state index contributed by atoms with van der Waals surface area (Å²) in [6.45, 7) is 2.29. The summed E-state index contributed by atoms with van der Waals surface area (Å²) in [5.41, 5.74) is 0. The maximum atomic E-state index is 5.34. The summed E-state index contributed by atoms with van der Waals surface area (Å²) in [6, 6.07) is 0.207. The van der Waals surface area contributed by atoms with Crippen LogP contribution in [0.3, 0.4) is 0 Å². The Morgan fingerprint density at radius 2 is 2.44 bits per heavy atom. The fraction of sp³-hybridized carbons (Fsp3) is 0.833. The van der Waals surface area contributed by atoms with Crippen molar-refractivity contribution in [1.29, 1.82) is 0 Å².